The standard InChI is InChI=1S/C18H20N4O2/c1-21-11-12(10-19-21)16-7-4-8-22(16)18(24)14-9-17(23)20-15-6-3-2-5-13(14)15/h2-3,5-6,10-11,14,16H,4,7-9H2,1H3,(H,20,23)/t14-,16-/m1/s1. The minimum Gasteiger partial charge on any atom is -0.335 e. The number of amides is 2. The van der Waals surface area contributed by atoms with Gasteiger partial charge in [-0.2, -0.15) is 5.10 Å². The van der Waals surface area contributed by atoms with Crippen LogP contribution in [0.15, 0.2) is 36.7 Å². The number of hydrogen-bond acceptors (Lipinski definition) is 3. The van der Waals surface area contributed by atoms with Crippen LogP contribution in [-0.4, -0.2) is 33.0 Å². The molecule has 2 aromatic rings. The number of para-hydroxylation sites is 1. The second kappa shape index (κ2) is 5.78. The molecule has 124 valence electrons. The van der Waals surface area contributed by atoms with Crippen molar-refractivity contribution >= 4 is 17.5 Å². The number of hydrogen-bond donors (Lipinski definition) is 1. The quantitative estimate of drug-likeness (QED) is 0.921. The van der Waals surface area contributed by atoms with E-state index in [2.05, 4.69) is 10.4 Å². The number of likely N-dealkylation sites (tertiary alicyclic amines) is 1. The zero-order valence-corrected chi connectivity index (χ0v) is 13.6. The maximum atomic E-state index is 13.2. The molecule has 0 radical (unpaired) electrons. The molecule has 0 spiro atoms. The van der Waals surface area contributed by atoms with E-state index in [-0.39, 0.29) is 24.3 Å². The largest absolute Gasteiger partial charge is 0.335 e. The third kappa shape index (κ3) is 2.48. The van der Waals surface area contributed by atoms with Gasteiger partial charge < -0.3 is 10.2 Å². The average molecular weight is 324 g/mol. The van der Waals surface area contributed by atoms with Crippen LogP contribution in [0.5, 0.6) is 0 Å². The SMILES string of the molecule is Cn1cc([C@H]2CCCN2C(=O)[C@@H]2CC(=O)Nc3ccccc32)cn1. The molecule has 2 aliphatic rings. The third-order valence-corrected chi connectivity index (χ3v) is 4.94. The first-order chi connectivity index (χ1) is 11.6. The van der Waals surface area contributed by atoms with Gasteiger partial charge in [-0.15, -0.1) is 0 Å². The van der Waals surface area contributed by atoms with Gasteiger partial charge in [0.05, 0.1) is 18.2 Å². The van der Waals surface area contributed by atoms with Gasteiger partial charge in [-0.25, -0.2) is 0 Å². The number of carbonyl (C=O) groups is 2. The Morgan fingerprint density at radius 1 is 1.33 bits per heavy atom. The zero-order chi connectivity index (χ0) is 16.7. The number of anilines is 1. The Morgan fingerprint density at radius 2 is 2.17 bits per heavy atom. The fraction of sp³-hybridized carbons (Fsp3) is 0.389. The summed E-state index contributed by atoms with van der Waals surface area (Å²) in [5.74, 6) is -0.444. The topological polar surface area (TPSA) is 67.2 Å². The van der Waals surface area contributed by atoms with Gasteiger partial charge in [-0.3, -0.25) is 14.3 Å². The van der Waals surface area contributed by atoms with E-state index in [9.17, 15) is 9.59 Å². The zero-order valence-electron chi connectivity index (χ0n) is 13.6. The molecule has 6 nitrogen and oxygen atoms in total. The Bertz CT molecular complexity index is 798. The van der Waals surface area contributed by atoms with Crippen molar-refractivity contribution in [2.24, 2.45) is 7.05 Å². The van der Waals surface area contributed by atoms with Crippen LogP contribution in [0, 0.1) is 0 Å². The first-order valence-electron chi connectivity index (χ1n) is 8.31. The molecular weight excluding hydrogens is 304 g/mol. The highest BCUT2D eigenvalue weighted by Crippen LogP contribution is 2.38. The van der Waals surface area contributed by atoms with Crippen molar-refractivity contribution in [3.63, 3.8) is 0 Å². The summed E-state index contributed by atoms with van der Waals surface area (Å²) < 4.78 is 1.76. The molecule has 1 aromatic carbocycles. The van der Waals surface area contributed by atoms with Crippen LogP contribution in [0.1, 0.15) is 42.3 Å². The van der Waals surface area contributed by atoms with Gasteiger partial charge in [0.25, 0.3) is 0 Å². The van der Waals surface area contributed by atoms with Gasteiger partial charge in [-0.1, -0.05) is 18.2 Å². The lowest BCUT2D eigenvalue weighted by Gasteiger charge is -2.31. The smallest absolute Gasteiger partial charge is 0.231 e. The summed E-state index contributed by atoms with van der Waals surface area (Å²) in [5, 5.41) is 7.09. The summed E-state index contributed by atoms with van der Waals surface area (Å²) in [5.41, 5.74) is 2.74. The molecule has 0 unspecified atom stereocenters. The van der Waals surface area contributed by atoms with Crippen LogP contribution < -0.4 is 5.32 Å². The first-order valence-corrected chi connectivity index (χ1v) is 8.31. The predicted molar refractivity (Wildman–Crippen MR) is 89.3 cm³/mol. The number of benzene rings is 1. The number of carbonyl (C=O) groups excluding carboxylic acids is 2. The number of nitrogens with one attached hydrogen (secondary N) is 1. The highest BCUT2D eigenvalue weighted by Gasteiger charge is 2.38. The van der Waals surface area contributed by atoms with E-state index in [0.29, 0.717) is 0 Å². The second-order valence-electron chi connectivity index (χ2n) is 6.53. The lowest BCUT2D eigenvalue weighted by Crippen LogP contribution is -2.38. The molecular formula is C18H20N4O2. The molecule has 1 fully saturated rings. The number of fused-ring (bicyclic) bond motifs is 1. The Balaban J connectivity index is 1.64. The number of aryl methyl sites for hydroxylation is 1. The molecule has 0 bridgehead atoms. The third-order valence-electron chi connectivity index (χ3n) is 4.94. The van der Waals surface area contributed by atoms with E-state index >= 15 is 0 Å². The van der Waals surface area contributed by atoms with Crippen LogP contribution in [0.3, 0.4) is 0 Å². The van der Waals surface area contributed by atoms with Gasteiger partial charge in [-0.05, 0) is 24.5 Å². The van der Waals surface area contributed by atoms with Gasteiger partial charge in [0.15, 0.2) is 0 Å². The maximum absolute atomic E-state index is 13.2. The summed E-state index contributed by atoms with van der Waals surface area (Å²) in [6.07, 6.45) is 5.94. The molecule has 0 saturated carbocycles. The minimum absolute atomic E-state index is 0.0450. The van der Waals surface area contributed by atoms with Crippen LogP contribution in [0.4, 0.5) is 5.69 Å². The van der Waals surface area contributed by atoms with Gasteiger partial charge in [0.1, 0.15) is 0 Å². The van der Waals surface area contributed by atoms with Gasteiger partial charge in [0, 0.05) is 37.5 Å². The Morgan fingerprint density at radius 3 is 2.96 bits per heavy atom. The fourth-order valence-corrected chi connectivity index (χ4v) is 3.82. The minimum atomic E-state index is -0.396. The van der Waals surface area contributed by atoms with Crippen molar-refractivity contribution in [2.75, 3.05) is 11.9 Å². The van der Waals surface area contributed by atoms with Crippen LogP contribution in [-0.2, 0) is 16.6 Å². The number of nitrogens with zero attached hydrogens (tertiary/aromatic N) is 3. The molecule has 3 heterocycles. The van der Waals surface area contributed by atoms with E-state index in [1.54, 1.807) is 4.68 Å². The van der Waals surface area contributed by atoms with Gasteiger partial charge >= 0.3 is 0 Å². The Kier molecular flexibility index (Phi) is 3.59. The normalized spacial score (nSPS) is 23.0. The van der Waals surface area contributed by atoms with Crippen molar-refractivity contribution in [3.8, 4) is 0 Å². The van der Waals surface area contributed by atoms with Crippen LogP contribution in [0.25, 0.3) is 0 Å². The molecule has 1 aromatic heterocycles. The fourth-order valence-electron chi connectivity index (χ4n) is 3.82. The summed E-state index contributed by atoms with van der Waals surface area (Å²) >= 11 is 0. The number of rotatable bonds is 2. The lowest BCUT2D eigenvalue weighted by molar-refractivity contribution is -0.135. The van der Waals surface area contributed by atoms with Crippen LogP contribution >= 0.6 is 0 Å². The van der Waals surface area contributed by atoms with Crippen molar-refractivity contribution < 1.29 is 9.59 Å². The molecule has 4 rings (SSSR count). The Hall–Kier alpha value is -2.63. The highest BCUT2D eigenvalue weighted by atomic mass is 16.2. The predicted octanol–water partition coefficient (Wildman–Crippen LogP) is 2.21. The lowest BCUT2D eigenvalue weighted by atomic mass is 9.89. The van der Waals surface area contributed by atoms with E-state index in [1.165, 1.54) is 0 Å². The first kappa shape index (κ1) is 14.9. The van der Waals surface area contributed by atoms with Crippen molar-refractivity contribution in [1.29, 1.82) is 0 Å². The molecule has 24 heavy (non-hydrogen) atoms. The van der Waals surface area contributed by atoms with E-state index in [1.807, 2.05) is 48.6 Å². The molecule has 1 N–H and O–H groups in total. The second-order valence-corrected chi connectivity index (χ2v) is 6.53. The molecule has 2 amide bonds. The van der Waals surface area contributed by atoms with Crippen molar-refractivity contribution in [3.05, 3.63) is 47.8 Å². The molecule has 2 atom stereocenters. The molecule has 6 heteroatoms. The van der Waals surface area contributed by atoms with E-state index < -0.39 is 5.92 Å². The summed E-state index contributed by atoms with van der Waals surface area (Å²) in [6, 6.07) is 7.64. The maximum Gasteiger partial charge on any atom is 0.231 e. The van der Waals surface area contributed by atoms with E-state index in [4.69, 9.17) is 0 Å². The molecule has 2 aliphatic heterocycles. The molecule has 0 aliphatic carbocycles. The average Bonchev–Trinajstić information content (AvgIpc) is 3.21. The summed E-state index contributed by atoms with van der Waals surface area (Å²) in [6.45, 7) is 0.735. The van der Waals surface area contributed by atoms with Crippen molar-refractivity contribution in [2.45, 2.75) is 31.2 Å². The number of aromatic nitrogens is 2. The summed E-state index contributed by atoms with van der Waals surface area (Å²) in [4.78, 5) is 27.2. The summed E-state index contributed by atoms with van der Waals surface area (Å²) in [7, 11) is 1.88. The van der Waals surface area contributed by atoms with Crippen molar-refractivity contribution in [1.82, 2.24) is 14.7 Å². The van der Waals surface area contributed by atoms with Gasteiger partial charge in [0.2, 0.25) is 11.8 Å². The highest BCUT2D eigenvalue weighted by molar-refractivity contribution is 6.01. The monoisotopic (exact) mass is 324 g/mol. The molecule has 1 saturated heterocycles. The Labute approximate surface area is 140 Å². The van der Waals surface area contributed by atoms with Crippen LogP contribution in [0.2, 0.25) is 0 Å². The van der Waals surface area contributed by atoms with E-state index in [0.717, 1.165) is 36.2 Å².